The molecule has 2 amide bonds. The number of unbranched alkanes of at least 4 members (excludes halogenated alkanes) is 1. The Morgan fingerprint density at radius 3 is 1.56 bits per heavy atom. The number of methoxy groups -OCH3 is 2. The normalized spacial score (nSPS) is 10.9. The number of aryl methyl sites for hydroxylation is 3. The number of carboxylic acid groups (broad SMARTS) is 2. The number of nitrogens with one attached hydrogen (secondary N) is 2. The molecule has 6 aromatic heterocycles. The van der Waals surface area contributed by atoms with E-state index >= 15 is 0 Å². The number of pyridine rings is 2. The Morgan fingerprint density at radius 1 is 0.524 bits per heavy atom. The molecule has 0 aliphatic heterocycles. The number of aromatic nitrogens is 10. The number of nitrogens with two attached hydrogens (primary N) is 4. The van der Waals surface area contributed by atoms with Gasteiger partial charge in [0.15, 0.2) is 46.2 Å². The van der Waals surface area contributed by atoms with Crippen LogP contribution in [0.5, 0.6) is 5.75 Å². The minimum Gasteiger partial charge on any atom is -0.489 e. The molecule has 0 saturated heterocycles. The second kappa shape index (κ2) is 34.6. The van der Waals surface area contributed by atoms with Crippen molar-refractivity contribution in [1.82, 2.24) is 54.4 Å². The first kappa shape index (κ1) is 72.7. The maximum atomic E-state index is 14.1. The van der Waals surface area contributed by atoms with Crippen molar-refractivity contribution in [3.63, 3.8) is 0 Å². The molecule has 12 N–H and O–H groups in total. The second-order valence-corrected chi connectivity index (χ2v) is 23.3. The molecule has 0 fully saturated rings. The lowest BCUT2D eigenvalue weighted by Crippen LogP contribution is -2.27. The minimum atomic E-state index is -0.957. The summed E-state index contributed by atoms with van der Waals surface area (Å²) in [5.74, 6) is -2.53. The van der Waals surface area contributed by atoms with Gasteiger partial charge in [0.05, 0.1) is 56.3 Å². The van der Waals surface area contributed by atoms with E-state index in [1.54, 1.807) is 83.7 Å². The zero-order chi connectivity index (χ0) is 72.9. The Morgan fingerprint density at radius 2 is 1.02 bits per heavy atom. The van der Waals surface area contributed by atoms with Gasteiger partial charge in [-0.2, -0.15) is 10.2 Å². The molecule has 528 valence electrons. The van der Waals surface area contributed by atoms with Gasteiger partial charge in [0.1, 0.15) is 52.6 Å². The van der Waals surface area contributed by atoms with E-state index in [0.29, 0.717) is 47.6 Å². The Labute approximate surface area is 588 Å². The quantitative estimate of drug-likeness (QED) is 0.0246. The van der Waals surface area contributed by atoms with Crippen LogP contribution in [0, 0.1) is 17.5 Å². The molecule has 29 heteroatoms. The Bertz CT molecular complexity index is 4910. The molecule has 12 aromatic rings. The maximum Gasteiger partial charge on any atom is 0.411 e. The average Bonchev–Trinajstić information content (AvgIpc) is 1.64. The number of carbonyl (C=O) groups excluding carboxylic acids is 2. The first-order chi connectivity index (χ1) is 49.8. The zero-order valence-corrected chi connectivity index (χ0v) is 55.9. The summed E-state index contributed by atoms with van der Waals surface area (Å²) in [7, 11) is 2.38. The number of amides is 2. The number of fused-ring (bicyclic) bond motifs is 2. The number of para-hydroxylation sites is 1. The summed E-state index contributed by atoms with van der Waals surface area (Å²) in [6.45, 7) is 2.49. The smallest absolute Gasteiger partial charge is 0.411 e. The average molecular weight is 1400 g/mol. The summed E-state index contributed by atoms with van der Waals surface area (Å²) in [4.78, 5) is 72.5. The fourth-order valence-corrected chi connectivity index (χ4v) is 10.9. The van der Waals surface area contributed by atoms with Gasteiger partial charge in [0.25, 0.3) is 0 Å². The van der Waals surface area contributed by atoms with Gasteiger partial charge in [-0.25, -0.2) is 66.8 Å². The van der Waals surface area contributed by atoms with E-state index in [1.165, 1.54) is 53.8 Å². The minimum absolute atomic E-state index is 0.0184. The number of benzene rings is 6. The molecule has 103 heavy (non-hydrogen) atoms. The lowest BCUT2D eigenvalue weighted by molar-refractivity contribution is -0.137. The standard InChI is InChI=1S/C36H39NO5.C19H16F2N8O2.C19H17FN8O2/c38-35(39)23-25-37(26-30-19-21-33(22-20-30)36(40)41)24-7-6-11-32-10-4-5-12-34(32)42-27-31-17-15-29(16-18-31)14-13-28-8-2-1-3-9-28;1-31-19(30)25-14-15(22)26-17(27-16(14)23)13-11-6-10(20)7-24-18(11)29(28-13)8-9-4-2-3-5-12(9)21;1-30-19(29)24-14-15(21)25-17(26-16(14)22)13-11-6-4-8-23-18(11)28(27-13)9-10-5-2-3-7-12(10)20/h1-5,8-10,12,15-22H,6-7,11,13-14,23-27H2,(H,38,39)(H,40,41);2-7H,8H2,1H3,(H,25,30)(H4,22,23,26,27);2-8H,9H2,1H3,(H,24,29)(H4,21,22,25,26). The molecule has 6 aromatic carbocycles. The largest absolute Gasteiger partial charge is 0.489 e. The molecule has 0 spiro atoms. The third-order valence-corrected chi connectivity index (χ3v) is 16.1. The number of hydrogen-bond acceptors (Lipinski definition) is 20. The van der Waals surface area contributed by atoms with Gasteiger partial charge >= 0.3 is 24.1 Å². The molecular formula is C74H72F3N17O9. The SMILES string of the molecule is COC(=O)Nc1c(N)nc(-c2nn(Cc3ccccc3F)c3ncc(F)cc23)nc1N.COC(=O)Nc1c(N)nc(-c2nn(Cc3ccccc3F)c3ncccc23)nc1N.O=C(O)CCN(CCCCc1ccccc1OCc1ccc(CCc2ccccc2)cc1)Cc1ccc(C(=O)O)cc1. The number of aliphatic carboxylic acids is 1. The summed E-state index contributed by atoms with van der Waals surface area (Å²) < 4.78 is 60.4. The van der Waals surface area contributed by atoms with Crippen LogP contribution in [0.2, 0.25) is 0 Å². The van der Waals surface area contributed by atoms with Crippen LogP contribution >= 0.6 is 0 Å². The molecule has 0 aliphatic carbocycles. The molecule has 6 heterocycles. The van der Waals surface area contributed by atoms with Gasteiger partial charge in [0.2, 0.25) is 0 Å². The highest BCUT2D eigenvalue weighted by atomic mass is 19.1. The molecule has 0 radical (unpaired) electrons. The second-order valence-electron chi connectivity index (χ2n) is 23.3. The molecule has 0 unspecified atom stereocenters. The van der Waals surface area contributed by atoms with E-state index in [2.05, 4.69) is 120 Å². The fourth-order valence-electron chi connectivity index (χ4n) is 10.9. The first-order valence-electron chi connectivity index (χ1n) is 32.3. The zero-order valence-electron chi connectivity index (χ0n) is 55.9. The predicted octanol–water partition coefficient (Wildman–Crippen LogP) is 12.0. The highest BCUT2D eigenvalue weighted by Gasteiger charge is 2.24. The number of nitrogens with zero attached hydrogens (tertiary/aromatic N) is 11. The molecular weight excluding hydrogens is 1330 g/mol. The lowest BCUT2D eigenvalue weighted by Gasteiger charge is -2.22. The first-order valence-corrected chi connectivity index (χ1v) is 32.3. The van der Waals surface area contributed by atoms with Gasteiger partial charge in [-0.3, -0.25) is 20.3 Å². The van der Waals surface area contributed by atoms with Crippen LogP contribution < -0.4 is 38.3 Å². The van der Waals surface area contributed by atoms with Crippen LogP contribution in [0.25, 0.3) is 45.1 Å². The van der Waals surface area contributed by atoms with Crippen LogP contribution in [0.4, 0.5) is 57.4 Å². The van der Waals surface area contributed by atoms with Crippen molar-refractivity contribution in [2.45, 2.75) is 64.8 Å². The van der Waals surface area contributed by atoms with Crippen molar-refractivity contribution < 1.29 is 56.8 Å². The van der Waals surface area contributed by atoms with Crippen LogP contribution in [-0.2, 0) is 59.8 Å². The molecule has 0 saturated carbocycles. The van der Waals surface area contributed by atoms with Gasteiger partial charge < -0.3 is 47.4 Å². The fraction of sp³-hybridized carbons (Fsp3) is 0.189. The van der Waals surface area contributed by atoms with E-state index in [4.69, 9.17) is 32.8 Å². The van der Waals surface area contributed by atoms with Crippen LogP contribution in [0.15, 0.2) is 182 Å². The third kappa shape index (κ3) is 19.4. The molecule has 12 rings (SSSR count). The summed E-state index contributed by atoms with van der Waals surface area (Å²) in [5.41, 5.74) is 32.1. The number of nitrogen functional groups attached to an aromatic ring is 4. The van der Waals surface area contributed by atoms with E-state index in [0.717, 1.165) is 61.7 Å². The third-order valence-electron chi connectivity index (χ3n) is 16.1. The Hall–Kier alpha value is -13.1. The molecule has 26 nitrogen and oxygen atoms in total. The molecule has 0 atom stereocenters. The number of carbonyl (C=O) groups is 4. The van der Waals surface area contributed by atoms with Crippen molar-refractivity contribution >= 4 is 80.8 Å². The van der Waals surface area contributed by atoms with Gasteiger partial charge in [-0.05, 0) is 115 Å². The molecule has 0 aliphatic rings. The number of ether oxygens (including phenoxy) is 3. The van der Waals surface area contributed by atoms with Crippen LogP contribution in [0.3, 0.4) is 0 Å². The topological polar surface area (TPSA) is 381 Å². The molecule has 0 bridgehead atoms. The van der Waals surface area contributed by atoms with E-state index < -0.39 is 35.8 Å². The van der Waals surface area contributed by atoms with Crippen molar-refractivity contribution in [3.8, 4) is 28.8 Å². The Kier molecular flexibility index (Phi) is 24.4. The van der Waals surface area contributed by atoms with E-state index in [-0.39, 0.29) is 93.9 Å². The summed E-state index contributed by atoms with van der Waals surface area (Å²) >= 11 is 0. The number of aromatic carboxylic acids is 1. The predicted molar refractivity (Wildman–Crippen MR) is 383 cm³/mol. The monoisotopic (exact) mass is 1400 g/mol. The Balaban J connectivity index is 0.000000169. The van der Waals surface area contributed by atoms with Crippen molar-refractivity contribution in [3.05, 3.63) is 244 Å². The number of carboxylic acids is 2. The summed E-state index contributed by atoms with van der Waals surface area (Å²) in [5, 5.41) is 32.9. The highest BCUT2D eigenvalue weighted by molar-refractivity contribution is 5.96. The number of anilines is 6. The van der Waals surface area contributed by atoms with Crippen molar-refractivity contribution in [2.24, 2.45) is 0 Å². The van der Waals surface area contributed by atoms with Gasteiger partial charge in [-0.1, -0.05) is 121 Å². The number of halogens is 3. The highest BCUT2D eigenvalue weighted by Crippen LogP contribution is 2.33. The van der Waals surface area contributed by atoms with Crippen LogP contribution in [0.1, 0.15) is 68.6 Å². The van der Waals surface area contributed by atoms with E-state index in [1.807, 2.05) is 24.3 Å². The van der Waals surface area contributed by atoms with E-state index in [9.17, 15) is 37.5 Å². The maximum absolute atomic E-state index is 14.1. The van der Waals surface area contributed by atoms with Crippen LogP contribution in [-0.4, -0.2) is 116 Å². The van der Waals surface area contributed by atoms with Gasteiger partial charge in [0, 0.05) is 30.4 Å². The lowest BCUT2D eigenvalue weighted by atomic mass is 10.0. The van der Waals surface area contributed by atoms with Gasteiger partial charge in [-0.15, -0.1) is 0 Å². The number of rotatable bonds is 25. The summed E-state index contributed by atoms with van der Waals surface area (Å²) in [6, 6.07) is 51.5. The van der Waals surface area contributed by atoms with Crippen molar-refractivity contribution in [2.75, 3.05) is 60.9 Å². The summed E-state index contributed by atoms with van der Waals surface area (Å²) in [6.07, 6.45) is 5.90. The van der Waals surface area contributed by atoms with Crippen molar-refractivity contribution in [1.29, 1.82) is 0 Å². The number of hydrogen-bond donors (Lipinski definition) is 8.